The summed E-state index contributed by atoms with van der Waals surface area (Å²) < 4.78 is 12.3. The Hall–Kier alpha value is -3.49. The highest BCUT2D eigenvalue weighted by molar-refractivity contribution is 7.99. The first-order valence-corrected chi connectivity index (χ1v) is 12.0. The molecule has 9 heteroatoms. The second kappa shape index (κ2) is 9.79. The van der Waals surface area contributed by atoms with E-state index in [1.54, 1.807) is 28.8 Å². The number of ether oxygens (including phenoxy) is 2. The first-order chi connectivity index (χ1) is 16.6. The molecule has 0 atom stereocenters. The van der Waals surface area contributed by atoms with Gasteiger partial charge in [-0.05, 0) is 47.5 Å². The first kappa shape index (κ1) is 22.3. The summed E-state index contributed by atoms with van der Waals surface area (Å²) in [7, 11) is 0. The monoisotopic (exact) mass is 493 g/mol. The molecule has 0 bridgehead atoms. The minimum atomic E-state index is -0.164. The van der Waals surface area contributed by atoms with E-state index in [9.17, 15) is 9.59 Å². The Bertz CT molecular complexity index is 1420. The van der Waals surface area contributed by atoms with E-state index < -0.39 is 0 Å². The molecule has 1 amide bonds. The Morgan fingerprint density at radius 1 is 1.03 bits per heavy atom. The molecule has 0 saturated carbocycles. The zero-order chi connectivity index (χ0) is 23.5. The third-order valence-electron chi connectivity index (χ3n) is 5.34. The predicted molar refractivity (Wildman–Crippen MR) is 132 cm³/mol. The molecule has 3 aromatic carbocycles. The van der Waals surface area contributed by atoms with Crippen molar-refractivity contribution >= 4 is 40.2 Å². The number of benzene rings is 3. The second-order valence-corrected chi connectivity index (χ2v) is 9.06. The average Bonchev–Trinajstić information content (AvgIpc) is 3.32. The van der Waals surface area contributed by atoms with Gasteiger partial charge in [0.15, 0.2) is 16.7 Å². The number of aromatic nitrogens is 2. The number of hydrogen-bond donors (Lipinski definition) is 1. The number of carbonyl (C=O) groups is 1. The van der Waals surface area contributed by atoms with Gasteiger partial charge in [0.05, 0.1) is 23.2 Å². The molecule has 1 aromatic heterocycles. The lowest BCUT2D eigenvalue weighted by Gasteiger charge is -2.13. The van der Waals surface area contributed by atoms with Crippen LogP contribution in [0.2, 0.25) is 5.02 Å². The molecular weight excluding hydrogens is 474 g/mol. The lowest BCUT2D eigenvalue weighted by Crippen LogP contribution is -2.27. The summed E-state index contributed by atoms with van der Waals surface area (Å²) in [5, 5.41) is 4.55. The van der Waals surface area contributed by atoms with Gasteiger partial charge in [-0.1, -0.05) is 53.7 Å². The van der Waals surface area contributed by atoms with E-state index in [1.165, 1.54) is 11.8 Å². The Kier molecular flexibility index (Phi) is 6.42. The van der Waals surface area contributed by atoms with E-state index in [1.807, 2.05) is 42.5 Å². The normalized spacial score (nSPS) is 12.1. The quantitative estimate of drug-likeness (QED) is 0.306. The molecule has 0 unspecified atom stereocenters. The molecule has 0 spiro atoms. The fourth-order valence-electron chi connectivity index (χ4n) is 3.60. The summed E-state index contributed by atoms with van der Waals surface area (Å²) in [5.41, 5.74) is 2.27. The van der Waals surface area contributed by atoms with E-state index in [0.717, 1.165) is 11.1 Å². The number of halogens is 1. The minimum Gasteiger partial charge on any atom is -0.454 e. The van der Waals surface area contributed by atoms with Gasteiger partial charge in [0, 0.05) is 11.6 Å². The van der Waals surface area contributed by atoms with Gasteiger partial charge >= 0.3 is 0 Å². The highest BCUT2D eigenvalue weighted by Gasteiger charge is 2.15. The SMILES string of the molecule is O=C(CSc1nc2ccccc2c(=O)n1Cc1ccc(Cl)cc1)NCc1ccc2c(c1)OCO2. The summed E-state index contributed by atoms with van der Waals surface area (Å²) in [5.74, 6) is 1.33. The molecule has 0 aliphatic carbocycles. The van der Waals surface area contributed by atoms with Crippen molar-refractivity contribution in [3.63, 3.8) is 0 Å². The van der Waals surface area contributed by atoms with Crippen molar-refractivity contribution < 1.29 is 14.3 Å². The van der Waals surface area contributed by atoms with Crippen molar-refractivity contribution in [2.24, 2.45) is 0 Å². The van der Waals surface area contributed by atoms with E-state index in [4.69, 9.17) is 21.1 Å². The van der Waals surface area contributed by atoms with Crippen LogP contribution in [0, 0.1) is 0 Å². The molecule has 0 radical (unpaired) electrons. The Labute approximate surface area is 204 Å². The van der Waals surface area contributed by atoms with Gasteiger partial charge in [0.1, 0.15) is 0 Å². The van der Waals surface area contributed by atoms with Crippen molar-refractivity contribution in [2.75, 3.05) is 12.5 Å². The van der Waals surface area contributed by atoms with Crippen LogP contribution >= 0.6 is 23.4 Å². The van der Waals surface area contributed by atoms with E-state index in [0.29, 0.717) is 45.7 Å². The third-order valence-corrected chi connectivity index (χ3v) is 6.57. The van der Waals surface area contributed by atoms with Gasteiger partial charge in [-0.3, -0.25) is 14.2 Å². The largest absolute Gasteiger partial charge is 0.454 e. The van der Waals surface area contributed by atoms with Crippen LogP contribution in [-0.4, -0.2) is 28.0 Å². The van der Waals surface area contributed by atoms with Gasteiger partial charge < -0.3 is 14.8 Å². The van der Waals surface area contributed by atoms with E-state index in [2.05, 4.69) is 10.3 Å². The zero-order valence-electron chi connectivity index (χ0n) is 18.0. The molecule has 0 saturated heterocycles. The van der Waals surface area contributed by atoms with Crippen molar-refractivity contribution in [1.29, 1.82) is 0 Å². The lowest BCUT2D eigenvalue weighted by molar-refractivity contribution is -0.118. The van der Waals surface area contributed by atoms with Crippen LogP contribution in [-0.2, 0) is 17.9 Å². The highest BCUT2D eigenvalue weighted by atomic mass is 35.5. The third kappa shape index (κ3) is 4.88. The summed E-state index contributed by atoms with van der Waals surface area (Å²) in [4.78, 5) is 30.5. The molecule has 5 rings (SSSR count). The van der Waals surface area contributed by atoms with E-state index in [-0.39, 0.29) is 24.0 Å². The van der Waals surface area contributed by atoms with Crippen molar-refractivity contribution in [3.05, 3.63) is 93.2 Å². The van der Waals surface area contributed by atoms with Gasteiger partial charge in [-0.15, -0.1) is 0 Å². The number of hydrogen-bond acceptors (Lipinski definition) is 6. The Balaban J connectivity index is 1.32. The van der Waals surface area contributed by atoms with Gasteiger partial charge in [0.2, 0.25) is 12.7 Å². The number of carbonyl (C=O) groups excluding carboxylic acids is 1. The maximum Gasteiger partial charge on any atom is 0.262 e. The Morgan fingerprint density at radius 2 is 1.79 bits per heavy atom. The van der Waals surface area contributed by atoms with Crippen LogP contribution in [0.15, 0.2) is 76.7 Å². The minimum absolute atomic E-state index is 0.121. The van der Waals surface area contributed by atoms with Crippen LogP contribution < -0.4 is 20.3 Å². The van der Waals surface area contributed by atoms with Crippen LogP contribution in [0.4, 0.5) is 0 Å². The summed E-state index contributed by atoms with van der Waals surface area (Å²) in [6.45, 7) is 0.895. The van der Waals surface area contributed by atoms with Gasteiger partial charge in [-0.2, -0.15) is 0 Å². The molecule has 2 heterocycles. The first-order valence-electron chi connectivity index (χ1n) is 10.6. The van der Waals surface area contributed by atoms with Crippen molar-refractivity contribution in [3.8, 4) is 11.5 Å². The molecule has 7 nitrogen and oxygen atoms in total. The molecular formula is C25H20ClN3O4S. The van der Waals surface area contributed by atoms with Crippen molar-refractivity contribution in [1.82, 2.24) is 14.9 Å². The van der Waals surface area contributed by atoms with Crippen LogP contribution in [0.25, 0.3) is 10.9 Å². The number of amides is 1. The molecule has 172 valence electrons. The number of thioether (sulfide) groups is 1. The van der Waals surface area contributed by atoms with E-state index >= 15 is 0 Å². The number of fused-ring (bicyclic) bond motifs is 2. The fourth-order valence-corrected chi connectivity index (χ4v) is 4.56. The fraction of sp³-hybridized carbons (Fsp3) is 0.160. The Morgan fingerprint density at radius 3 is 2.65 bits per heavy atom. The second-order valence-electron chi connectivity index (χ2n) is 7.68. The number of nitrogens with zero attached hydrogens (tertiary/aromatic N) is 2. The standard InChI is InChI=1S/C25H20ClN3O4S/c26-18-8-5-16(6-9-18)13-29-24(31)19-3-1-2-4-20(19)28-25(29)34-14-23(30)27-12-17-7-10-21-22(11-17)33-15-32-21/h1-11H,12-15H2,(H,27,30). The average molecular weight is 494 g/mol. The van der Waals surface area contributed by atoms with Crippen LogP contribution in [0.1, 0.15) is 11.1 Å². The summed E-state index contributed by atoms with van der Waals surface area (Å²) in [6, 6.07) is 20.1. The smallest absolute Gasteiger partial charge is 0.262 e. The van der Waals surface area contributed by atoms with Gasteiger partial charge in [0.25, 0.3) is 5.56 Å². The summed E-state index contributed by atoms with van der Waals surface area (Å²) in [6.07, 6.45) is 0. The zero-order valence-corrected chi connectivity index (χ0v) is 19.6. The van der Waals surface area contributed by atoms with Crippen LogP contribution in [0.5, 0.6) is 11.5 Å². The maximum absolute atomic E-state index is 13.2. The van der Waals surface area contributed by atoms with Gasteiger partial charge in [-0.25, -0.2) is 4.98 Å². The predicted octanol–water partition coefficient (Wildman–Crippen LogP) is 4.24. The molecule has 1 N–H and O–H groups in total. The lowest BCUT2D eigenvalue weighted by atomic mass is 10.2. The van der Waals surface area contributed by atoms with Crippen molar-refractivity contribution in [2.45, 2.75) is 18.2 Å². The van der Waals surface area contributed by atoms with Crippen LogP contribution in [0.3, 0.4) is 0 Å². The number of para-hydroxylation sites is 1. The molecule has 4 aromatic rings. The molecule has 1 aliphatic rings. The maximum atomic E-state index is 13.2. The molecule has 1 aliphatic heterocycles. The topological polar surface area (TPSA) is 82.5 Å². The summed E-state index contributed by atoms with van der Waals surface area (Å²) >= 11 is 7.23. The molecule has 0 fully saturated rings. The number of nitrogens with one attached hydrogen (secondary N) is 1. The highest BCUT2D eigenvalue weighted by Crippen LogP contribution is 2.32. The molecule has 34 heavy (non-hydrogen) atoms. The number of rotatable bonds is 7.